The fourth-order valence-electron chi connectivity index (χ4n) is 1.55. The van der Waals surface area contributed by atoms with Crippen LogP contribution in [0.3, 0.4) is 0 Å². The lowest BCUT2D eigenvalue weighted by atomic mass is 10.3. The first-order valence-electron chi connectivity index (χ1n) is 5.91. The summed E-state index contributed by atoms with van der Waals surface area (Å²) in [6.45, 7) is -0.774. The first kappa shape index (κ1) is 12.9. The Morgan fingerprint density at radius 3 is 2.94 bits per heavy atom. The summed E-state index contributed by atoms with van der Waals surface area (Å²) < 4.78 is 25.9. The van der Waals surface area contributed by atoms with Crippen molar-refractivity contribution in [3.8, 4) is 0 Å². The number of hydrogen-bond donors (Lipinski definition) is 2. The predicted octanol–water partition coefficient (Wildman–Crippen LogP) is 1.03. The van der Waals surface area contributed by atoms with E-state index in [1.54, 1.807) is 6.92 Å². The van der Waals surface area contributed by atoms with Gasteiger partial charge in [-0.2, -0.15) is 8.78 Å². The number of carbonyl (C=O) groups excluding carboxylic acids is 1. The monoisotopic (exact) mass is 258 g/mol. The maximum absolute atomic E-state index is 12.5. The van der Waals surface area contributed by atoms with Crippen molar-refractivity contribution < 1.29 is 13.6 Å². The highest BCUT2D eigenvalue weighted by molar-refractivity contribution is 5.81. The normalized spacial score (nSPS) is 16.9. The molecule has 1 heterocycles. The zero-order valence-electron chi connectivity index (χ0n) is 10.1. The minimum atomic E-state index is -2.61. The summed E-state index contributed by atoms with van der Waals surface area (Å²) in [6, 6.07) is -0.127. The quantitative estimate of drug-likeness (QED) is 0.801. The summed E-state index contributed by atoms with van der Waals surface area (Å²) >= 11 is 0. The number of nitrogens with zero attached hydrogens (tertiary/aromatic N) is 2. The van der Waals surface area contributed by atoms with Crippen LogP contribution in [-0.2, 0) is 11.3 Å². The number of alkyl halides is 2. The summed E-state index contributed by atoms with van der Waals surface area (Å²) in [5.74, 6) is 0.115. The van der Waals surface area contributed by atoms with Crippen LogP contribution in [-0.4, -0.2) is 27.5 Å². The first-order chi connectivity index (χ1) is 8.58. The van der Waals surface area contributed by atoms with Crippen LogP contribution in [0.2, 0.25) is 0 Å². The molecule has 2 rings (SSSR count). The summed E-state index contributed by atoms with van der Waals surface area (Å²) in [5.41, 5.74) is 0. The van der Waals surface area contributed by atoms with Crippen molar-refractivity contribution >= 4 is 5.91 Å². The molecule has 1 aliphatic carbocycles. The second kappa shape index (κ2) is 5.43. The van der Waals surface area contributed by atoms with Gasteiger partial charge < -0.3 is 5.32 Å². The van der Waals surface area contributed by atoms with Gasteiger partial charge in [-0.3, -0.25) is 14.7 Å². The molecule has 1 aromatic heterocycles. The van der Waals surface area contributed by atoms with E-state index in [1.807, 2.05) is 0 Å². The fraction of sp³-hybridized carbons (Fsp3) is 0.636. The molecule has 0 saturated heterocycles. The number of hydrogen-bond acceptors (Lipinski definition) is 3. The van der Waals surface area contributed by atoms with Crippen LogP contribution in [0, 0.1) is 0 Å². The number of nitrogens with one attached hydrogen (secondary N) is 2. The number of carbonyl (C=O) groups is 1. The van der Waals surface area contributed by atoms with E-state index in [4.69, 9.17) is 0 Å². The highest BCUT2D eigenvalue weighted by Gasteiger charge is 2.25. The molecule has 1 aliphatic rings. The van der Waals surface area contributed by atoms with Crippen LogP contribution >= 0.6 is 0 Å². The van der Waals surface area contributed by atoms with E-state index in [1.165, 1.54) is 12.4 Å². The molecule has 1 fully saturated rings. The predicted molar refractivity (Wildman–Crippen MR) is 60.9 cm³/mol. The van der Waals surface area contributed by atoms with Gasteiger partial charge in [-0.1, -0.05) is 0 Å². The number of amides is 1. The first-order valence-corrected chi connectivity index (χ1v) is 5.91. The van der Waals surface area contributed by atoms with Crippen LogP contribution < -0.4 is 10.6 Å². The molecular weight excluding hydrogens is 242 g/mol. The van der Waals surface area contributed by atoms with Crippen LogP contribution in [0.5, 0.6) is 0 Å². The largest absolute Gasteiger partial charge is 0.352 e. The number of imidazole rings is 1. The smallest absolute Gasteiger partial charge is 0.319 e. The molecule has 1 atom stereocenters. The standard InChI is InChI=1S/C11H16F2N4O/c1-7(10(18)16-8-2-3-8)15-6-9-14-4-5-17(9)11(12)13/h4-5,7-8,11,15H,2-3,6H2,1H3,(H,16,18). The van der Waals surface area contributed by atoms with Gasteiger partial charge in [0, 0.05) is 18.4 Å². The Bertz CT molecular complexity index is 417. The van der Waals surface area contributed by atoms with Gasteiger partial charge in [-0.15, -0.1) is 0 Å². The van der Waals surface area contributed by atoms with Crippen LogP contribution in [0.15, 0.2) is 12.4 Å². The molecule has 0 radical (unpaired) electrons. The molecule has 0 aromatic carbocycles. The van der Waals surface area contributed by atoms with Gasteiger partial charge >= 0.3 is 6.55 Å². The maximum atomic E-state index is 12.5. The van der Waals surface area contributed by atoms with Crippen molar-refractivity contribution in [2.75, 3.05) is 0 Å². The molecule has 1 aromatic rings. The lowest BCUT2D eigenvalue weighted by molar-refractivity contribution is -0.122. The van der Waals surface area contributed by atoms with Crippen LogP contribution in [0.1, 0.15) is 32.1 Å². The molecule has 0 bridgehead atoms. The molecule has 1 saturated carbocycles. The zero-order valence-corrected chi connectivity index (χ0v) is 10.1. The minimum absolute atomic E-state index is 0.104. The molecular formula is C11H16F2N4O. The highest BCUT2D eigenvalue weighted by atomic mass is 19.3. The van der Waals surface area contributed by atoms with Gasteiger partial charge in [0.1, 0.15) is 5.82 Å². The Morgan fingerprint density at radius 2 is 2.33 bits per heavy atom. The van der Waals surface area contributed by atoms with E-state index in [0.29, 0.717) is 6.04 Å². The van der Waals surface area contributed by atoms with E-state index in [9.17, 15) is 13.6 Å². The van der Waals surface area contributed by atoms with Crippen molar-refractivity contribution in [1.82, 2.24) is 20.2 Å². The summed E-state index contributed by atoms with van der Waals surface area (Å²) in [4.78, 5) is 15.5. The zero-order chi connectivity index (χ0) is 13.1. The van der Waals surface area contributed by atoms with Crippen molar-refractivity contribution in [2.24, 2.45) is 0 Å². The van der Waals surface area contributed by atoms with Crippen LogP contribution in [0.25, 0.3) is 0 Å². The van der Waals surface area contributed by atoms with Crippen molar-refractivity contribution in [3.63, 3.8) is 0 Å². The maximum Gasteiger partial charge on any atom is 0.319 e. The third-order valence-electron chi connectivity index (χ3n) is 2.84. The average Bonchev–Trinajstić information content (AvgIpc) is 3.00. The Balaban J connectivity index is 1.82. The van der Waals surface area contributed by atoms with Gasteiger partial charge in [0.05, 0.1) is 12.6 Å². The van der Waals surface area contributed by atoms with E-state index in [-0.39, 0.29) is 18.3 Å². The topological polar surface area (TPSA) is 59.0 Å². The molecule has 7 heteroatoms. The summed E-state index contributed by atoms with van der Waals surface area (Å²) in [6.07, 6.45) is 4.58. The third-order valence-corrected chi connectivity index (χ3v) is 2.84. The Morgan fingerprint density at radius 1 is 1.61 bits per heavy atom. The lowest BCUT2D eigenvalue weighted by Crippen LogP contribution is -2.43. The molecule has 100 valence electrons. The molecule has 0 spiro atoms. The third kappa shape index (κ3) is 3.25. The molecule has 18 heavy (non-hydrogen) atoms. The SMILES string of the molecule is CC(NCc1nccn1C(F)F)C(=O)NC1CC1. The molecule has 2 N–H and O–H groups in total. The Hall–Kier alpha value is -1.50. The molecule has 0 aliphatic heterocycles. The minimum Gasteiger partial charge on any atom is -0.352 e. The van der Waals surface area contributed by atoms with Gasteiger partial charge in [-0.25, -0.2) is 4.98 Å². The average molecular weight is 258 g/mol. The summed E-state index contributed by atoms with van der Waals surface area (Å²) in [7, 11) is 0. The van der Waals surface area contributed by atoms with E-state index >= 15 is 0 Å². The molecule has 5 nitrogen and oxygen atoms in total. The second-order valence-electron chi connectivity index (χ2n) is 4.41. The number of rotatable bonds is 6. The van der Waals surface area contributed by atoms with E-state index < -0.39 is 12.6 Å². The van der Waals surface area contributed by atoms with Gasteiger partial charge in [0.25, 0.3) is 0 Å². The molecule has 1 unspecified atom stereocenters. The Kier molecular flexibility index (Phi) is 3.90. The van der Waals surface area contributed by atoms with Gasteiger partial charge in [0.15, 0.2) is 0 Å². The second-order valence-corrected chi connectivity index (χ2v) is 4.41. The fourth-order valence-corrected chi connectivity index (χ4v) is 1.55. The van der Waals surface area contributed by atoms with Crippen molar-refractivity contribution in [2.45, 2.75) is 44.9 Å². The summed E-state index contributed by atoms with van der Waals surface area (Å²) in [5, 5.41) is 5.73. The van der Waals surface area contributed by atoms with E-state index in [0.717, 1.165) is 17.4 Å². The van der Waals surface area contributed by atoms with Crippen molar-refractivity contribution in [3.05, 3.63) is 18.2 Å². The van der Waals surface area contributed by atoms with Crippen molar-refractivity contribution in [1.29, 1.82) is 0 Å². The van der Waals surface area contributed by atoms with Gasteiger partial charge in [-0.05, 0) is 19.8 Å². The van der Waals surface area contributed by atoms with Gasteiger partial charge in [0.2, 0.25) is 5.91 Å². The van der Waals surface area contributed by atoms with Crippen LogP contribution in [0.4, 0.5) is 8.78 Å². The lowest BCUT2D eigenvalue weighted by Gasteiger charge is -2.14. The highest BCUT2D eigenvalue weighted by Crippen LogP contribution is 2.18. The molecule has 1 amide bonds. The Labute approximate surface area is 104 Å². The number of aromatic nitrogens is 2. The number of halogens is 2. The van der Waals surface area contributed by atoms with E-state index in [2.05, 4.69) is 15.6 Å².